The van der Waals surface area contributed by atoms with Crippen molar-refractivity contribution in [2.45, 2.75) is 52.1 Å². The van der Waals surface area contributed by atoms with Crippen LogP contribution in [-0.2, 0) is 24.3 Å². The number of aryl methyl sites for hydroxylation is 1. The van der Waals surface area contributed by atoms with Crippen LogP contribution in [0.1, 0.15) is 48.9 Å². The van der Waals surface area contributed by atoms with Crippen molar-refractivity contribution in [3.05, 3.63) is 84.6 Å². The number of carbonyl (C=O) groups excluding carboxylic acids is 2. The van der Waals surface area contributed by atoms with Crippen LogP contribution >= 0.6 is 0 Å². The topological polar surface area (TPSA) is 112 Å². The smallest absolute Gasteiger partial charge is 0.276 e. The summed E-state index contributed by atoms with van der Waals surface area (Å²) >= 11 is 0. The van der Waals surface area contributed by atoms with Crippen LogP contribution in [0.2, 0.25) is 0 Å². The molecule has 11 heteroatoms. The average Bonchev–Trinajstić information content (AvgIpc) is 3.81. The zero-order valence-corrected chi connectivity index (χ0v) is 25.7. The summed E-state index contributed by atoms with van der Waals surface area (Å²) in [5, 5.41) is 9.66. The zero-order valence-electron chi connectivity index (χ0n) is 25.7. The van der Waals surface area contributed by atoms with Crippen molar-refractivity contribution in [2.75, 3.05) is 32.8 Å². The van der Waals surface area contributed by atoms with Gasteiger partial charge in [0.1, 0.15) is 23.9 Å². The Balaban J connectivity index is 1.21. The van der Waals surface area contributed by atoms with Crippen molar-refractivity contribution in [1.82, 2.24) is 34.3 Å². The molecule has 3 aromatic heterocycles. The Morgan fingerprint density at radius 1 is 0.911 bits per heavy atom. The van der Waals surface area contributed by atoms with Gasteiger partial charge in [-0.1, -0.05) is 42.4 Å². The lowest BCUT2D eigenvalue weighted by molar-refractivity contribution is -0.132. The van der Waals surface area contributed by atoms with Crippen molar-refractivity contribution < 1.29 is 18.8 Å². The second-order valence-corrected chi connectivity index (χ2v) is 11.4. The molecule has 11 nitrogen and oxygen atoms in total. The summed E-state index contributed by atoms with van der Waals surface area (Å²) in [7, 11) is 0. The van der Waals surface area contributed by atoms with Crippen LogP contribution in [0.15, 0.2) is 77.7 Å². The molecule has 4 heterocycles. The third-order valence-corrected chi connectivity index (χ3v) is 8.04. The van der Waals surface area contributed by atoms with Gasteiger partial charge in [-0.15, -0.1) is 0 Å². The quantitative estimate of drug-likeness (QED) is 0.273. The first kappa shape index (κ1) is 30.1. The fourth-order valence-corrected chi connectivity index (χ4v) is 5.71. The average molecular weight is 610 g/mol. The molecule has 0 radical (unpaired) electrons. The SMILES string of the molecule is CCCc1cc(C(=O)N2CCCCN(C(=O)Cn3cc4ccccc4n3)CCn3ccnc3-c3cccc(c3)OCCC2)no1. The van der Waals surface area contributed by atoms with Crippen LogP contribution < -0.4 is 4.74 Å². The Bertz CT molecular complexity index is 1710. The Morgan fingerprint density at radius 2 is 1.76 bits per heavy atom. The number of hydrogen-bond acceptors (Lipinski definition) is 7. The molecule has 0 saturated carbocycles. The fraction of sp³-hybridized carbons (Fsp3) is 0.382. The minimum Gasteiger partial charge on any atom is -0.494 e. The van der Waals surface area contributed by atoms with E-state index in [0.717, 1.165) is 53.7 Å². The third kappa shape index (κ3) is 7.42. The molecule has 0 N–H and O–H groups in total. The molecule has 2 aromatic carbocycles. The van der Waals surface area contributed by atoms with Gasteiger partial charge in [0, 0.05) is 74.8 Å². The van der Waals surface area contributed by atoms with Gasteiger partial charge in [0.05, 0.1) is 12.1 Å². The number of amides is 2. The van der Waals surface area contributed by atoms with Gasteiger partial charge in [-0.25, -0.2) is 4.98 Å². The molecule has 0 saturated heterocycles. The normalized spacial score (nSPS) is 15.0. The standard InChI is InChI=1S/C34H39N7O4/c1-2-9-29-23-31(37-45-29)34(43)40-16-6-5-15-38(32(42)25-41-24-27-10-3-4-13-30(27)36-41)19-20-39-18-14-35-33(39)26-11-7-12-28(22-26)44-21-8-17-40/h3-4,7,10-14,18,22-24H,2,5-6,8-9,15-17,19-21,25H2,1H3. The van der Waals surface area contributed by atoms with Crippen molar-refractivity contribution in [1.29, 1.82) is 0 Å². The highest BCUT2D eigenvalue weighted by Gasteiger charge is 2.21. The summed E-state index contributed by atoms with van der Waals surface area (Å²) < 4.78 is 15.3. The maximum absolute atomic E-state index is 13.7. The first-order valence-corrected chi connectivity index (χ1v) is 15.8. The maximum atomic E-state index is 13.7. The summed E-state index contributed by atoms with van der Waals surface area (Å²) in [5.41, 5.74) is 2.13. The minimum atomic E-state index is -0.148. The number of ether oxygens (including phenoxy) is 1. The number of nitrogens with zero attached hydrogens (tertiary/aromatic N) is 7. The lowest BCUT2D eigenvalue weighted by atomic mass is 10.2. The number of aromatic nitrogens is 5. The minimum absolute atomic E-state index is 0.00299. The number of imidazole rings is 1. The largest absolute Gasteiger partial charge is 0.494 e. The van der Waals surface area contributed by atoms with Gasteiger partial charge in [-0.3, -0.25) is 14.3 Å². The molecule has 1 aliphatic heterocycles. The van der Waals surface area contributed by atoms with Gasteiger partial charge in [0.25, 0.3) is 5.91 Å². The molecule has 0 atom stereocenters. The molecule has 2 amide bonds. The van der Waals surface area contributed by atoms with Crippen molar-refractivity contribution >= 4 is 22.7 Å². The van der Waals surface area contributed by atoms with E-state index in [1.807, 2.05) is 70.7 Å². The molecule has 234 valence electrons. The highest BCUT2D eigenvalue weighted by molar-refractivity contribution is 5.92. The van der Waals surface area contributed by atoms with E-state index in [2.05, 4.69) is 26.7 Å². The van der Waals surface area contributed by atoms with E-state index in [-0.39, 0.29) is 18.4 Å². The molecular formula is C34H39N7O4. The molecule has 0 aliphatic carbocycles. The second kappa shape index (κ2) is 14.2. The molecule has 1 aliphatic rings. The second-order valence-electron chi connectivity index (χ2n) is 11.4. The van der Waals surface area contributed by atoms with E-state index >= 15 is 0 Å². The summed E-state index contributed by atoms with van der Waals surface area (Å²) in [6, 6.07) is 17.5. The zero-order chi connectivity index (χ0) is 31.0. The van der Waals surface area contributed by atoms with Gasteiger partial charge < -0.3 is 23.6 Å². The Morgan fingerprint density at radius 3 is 2.62 bits per heavy atom. The van der Waals surface area contributed by atoms with E-state index in [0.29, 0.717) is 57.2 Å². The lowest BCUT2D eigenvalue weighted by Gasteiger charge is -2.25. The van der Waals surface area contributed by atoms with Crippen molar-refractivity contribution in [3.63, 3.8) is 0 Å². The Labute approximate surface area is 262 Å². The van der Waals surface area contributed by atoms with Crippen LogP contribution in [0.4, 0.5) is 0 Å². The number of fused-ring (bicyclic) bond motifs is 5. The summed E-state index contributed by atoms with van der Waals surface area (Å²) in [6.45, 7) is 5.41. The van der Waals surface area contributed by atoms with Gasteiger partial charge >= 0.3 is 0 Å². The van der Waals surface area contributed by atoms with Gasteiger partial charge in [-0.05, 0) is 43.9 Å². The maximum Gasteiger partial charge on any atom is 0.276 e. The highest BCUT2D eigenvalue weighted by atomic mass is 16.5. The van der Waals surface area contributed by atoms with Crippen molar-refractivity contribution in [3.8, 4) is 17.1 Å². The summed E-state index contributed by atoms with van der Waals surface area (Å²) in [4.78, 5) is 35.5. The predicted octanol–water partition coefficient (Wildman–Crippen LogP) is 5.07. The van der Waals surface area contributed by atoms with Crippen LogP contribution in [0.3, 0.4) is 0 Å². The van der Waals surface area contributed by atoms with E-state index in [9.17, 15) is 9.59 Å². The monoisotopic (exact) mass is 609 g/mol. The molecule has 45 heavy (non-hydrogen) atoms. The number of rotatable bonds is 5. The molecular weight excluding hydrogens is 570 g/mol. The van der Waals surface area contributed by atoms with Gasteiger partial charge in [0.2, 0.25) is 5.91 Å². The van der Waals surface area contributed by atoms with Gasteiger partial charge in [0.15, 0.2) is 5.69 Å². The molecule has 2 bridgehead atoms. The highest BCUT2D eigenvalue weighted by Crippen LogP contribution is 2.23. The van der Waals surface area contributed by atoms with E-state index in [1.165, 1.54) is 0 Å². The Kier molecular flexibility index (Phi) is 9.53. The van der Waals surface area contributed by atoms with Crippen LogP contribution in [-0.4, -0.2) is 78.9 Å². The molecule has 6 rings (SSSR count). The molecule has 0 spiro atoms. The first-order valence-electron chi connectivity index (χ1n) is 15.8. The number of carbonyl (C=O) groups is 2. The van der Waals surface area contributed by atoms with E-state index in [4.69, 9.17) is 9.26 Å². The molecule has 0 fully saturated rings. The van der Waals surface area contributed by atoms with Crippen LogP contribution in [0.25, 0.3) is 22.3 Å². The van der Waals surface area contributed by atoms with Crippen molar-refractivity contribution in [2.24, 2.45) is 0 Å². The lowest BCUT2D eigenvalue weighted by Crippen LogP contribution is -2.38. The van der Waals surface area contributed by atoms with Crippen LogP contribution in [0, 0.1) is 0 Å². The van der Waals surface area contributed by atoms with Gasteiger partial charge in [-0.2, -0.15) is 5.10 Å². The Hall–Kier alpha value is -4.93. The molecule has 0 unspecified atom stereocenters. The predicted molar refractivity (Wildman–Crippen MR) is 170 cm³/mol. The number of hydrogen-bond donors (Lipinski definition) is 0. The first-order chi connectivity index (χ1) is 22.1. The fourth-order valence-electron chi connectivity index (χ4n) is 5.71. The van der Waals surface area contributed by atoms with Crippen LogP contribution in [0.5, 0.6) is 5.75 Å². The third-order valence-electron chi connectivity index (χ3n) is 8.04. The summed E-state index contributed by atoms with van der Waals surface area (Å²) in [5.74, 6) is 2.13. The van der Waals surface area contributed by atoms with E-state index in [1.54, 1.807) is 16.9 Å². The number of benzene rings is 2. The summed E-state index contributed by atoms with van der Waals surface area (Å²) in [6.07, 6.45) is 9.43. The molecule has 5 aromatic rings. The van der Waals surface area contributed by atoms with E-state index < -0.39 is 0 Å².